The van der Waals surface area contributed by atoms with E-state index in [1.165, 1.54) is 11.1 Å². The number of nitrogens with one attached hydrogen (secondary N) is 1. The lowest BCUT2D eigenvalue weighted by atomic mass is 9.89. The number of carbonyl (C=O) groups is 1. The summed E-state index contributed by atoms with van der Waals surface area (Å²) in [5.74, 6) is 0.514. The van der Waals surface area contributed by atoms with Crippen molar-refractivity contribution in [3.63, 3.8) is 0 Å². The summed E-state index contributed by atoms with van der Waals surface area (Å²) in [6.07, 6.45) is 2.56. The maximum atomic E-state index is 11.3. The fraction of sp³-hybridized carbons (Fsp3) is 0.462. The normalized spacial score (nSPS) is 20.6. The number of carbonyl (C=O) groups excluding carboxylic acids is 1. The Labute approximate surface area is 101 Å². The van der Waals surface area contributed by atoms with E-state index in [0.717, 1.165) is 24.4 Å². The highest BCUT2D eigenvalue weighted by atomic mass is 35.5. The van der Waals surface area contributed by atoms with Gasteiger partial charge in [-0.25, -0.2) is 0 Å². The molecule has 0 radical (unpaired) electrons. The van der Waals surface area contributed by atoms with Crippen LogP contribution in [0.1, 0.15) is 36.8 Å². The first-order valence-electron chi connectivity index (χ1n) is 5.75. The highest BCUT2D eigenvalue weighted by molar-refractivity contribution is 6.31. The zero-order valence-corrected chi connectivity index (χ0v) is 10.2. The third-order valence-electron chi connectivity index (χ3n) is 3.17. The minimum atomic E-state index is 0.157. The Morgan fingerprint density at radius 2 is 2.31 bits per heavy atom. The Morgan fingerprint density at radius 1 is 1.50 bits per heavy atom. The van der Waals surface area contributed by atoms with Crippen LogP contribution in [-0.2, 0) is 11.2 Å². The molecule has 0 unspecified atom stereocenters. The van der Waals surface area contributed by atoms with E-state index in [9.17, 15) is 4.79 Å². The molecule has 86 valence electrons. The van der Waals surface area contributed by atoms with E-state index in [-0.39, 0.29) is 5.91 Å². The number of aryl methyl sites for hydroxylation is 1. The Hall–Kier alpha value is -1.02. The van der Waals surface area contributed by atoms with Crippen molar-refractivity contribution in [2.75, 3.05) is 6.54 Å². The second-order valence-electron chi connectivity index (χ2n) is 4.24. The highest BCUT2D eigenvalue weighted by Gasteiger charge is 2.20. The van der Waals surface area contributed by atoms with Crippen LogP contribution in [0.5, 0.6) is 0 Å². The number of benzene rings is 1. The Bertz CT molecular complexity index is 403. The molecule has 1 amide bonds. The molecule has 1 aliphatic heterocycles. The molecular weight excluding hydrogens is 222 g/mol. The van der Waals surface area contributed by atoms with Crippen molar-refractivity contribution < 1.29 is 4.79 Å². The van der Waals surface area contributed by atoms with Crippen molar-refractivity contribution in [3.8, 4) is 0 Å². The first kappa shape index (κ1) is 11.5. The largest absolute Gasteiger partial charge is 0.356 e. The summed E-state index contributed by atoms with van der Waals surface area (Å²) in [5.41, 5.74) is 2.42. The van der Waals surface area contributed by atoms with Gasteiger partial charge in [-0.1, -0.05) is 30.7 Å². The van der Waals surface area contributed by atoms with Crippen LogP contribution >= 0.6 is 11.6 Å². The molecular formula is C13H16ClNO. The lowest BCUT2D eigenvalue weighted by Crippen LogP contribution is -2.32. The minimum absolute atomic E-state index is 0.157. The molecule has 1 aromatic carbocycles. The Morgan fingerprint density at radius 3 is 3.00 bits per heavy atom. The fourth-order valence-electron chi connectivity index (χ4n) is 2.19. The van der Waals surface area contributed by atoms with Crippen LogP contribution in [0.25, 0.3) is 0 Å². The molecule has 1 fully saturated rings. The van der Waals surface area contributed by atoms with Gasteiger partial charge in [0.05, 0.1) is 0 Å². The average molecular weight is 238 g/mol. The molecule has 0 aliphatic carbocycles. The second-order valence-corrected chi connectivity index (χ2v) is 4.65. The van der Waals surface area contributed by atoms with Crippen LogP contribution in [0.2, 0.25) is 5.02 Å². The highest BCUT2D eigenvalue weighted by Crippen LogP contribution is 2.28. The Kier molecular flexibility index (Phi) is 3.49. The predicted octanol–water partition coefficient (Wildman–Crippen LogP) is 2.90. The van der Waals surface area contributed by atoms with E-state index in [0.29, 0.717) is 12.3 Å². The van der Waals surface area contributed by atoms with E-state index >= 15 is 0 Å². The molecule has 3 heteroatoms. The van der Waals surface area contributed by atoms with Crippen LogP contribution < -0.4 is 5.32 Å². The second kappa shape index (κ2) is 4.88. The predicted molar refractivity (Wildman–Crippen MR) is 65.8 cm³/mol. The topological polar surface area (TPSA) is 29.1 Å². The van der Waals surface area contributed by atoms with Crippen molar-refractivity contribution in [2.45, 2.75) is 32.1 Å². The van der Waals surface area contributed by atoms with Gasteiger partial charge >= 0.3 is 0 Å². The third-order valence-corrected chi connectivity index (χ3v) is 3.54. The van der Waals surface area contributed by atoms with Crippen LogP contribution in [0.3, 0.4) is 0 Å². The molecule has 2 nitrogen and oxygen atoms in total. The van der Waals surface area contributed by atoms with Crippen LogP contribution in [0, 0.1) is 0 Å². The van der Waals surface area contributed by atoms with Gasteiger partial charge in [0, 0.05) is 18.0 Å². The number of rotatable bonds is 2. The average Bonchev–Trinajstić information content (AvgIpc) is 2.29. The van der Waals surface area contributed by atoms with Crippen molar-refractivity contribution in [3.05, 3.63) is 34.3 Å². The van der Waals surface area contributed by atoms with Crippen molar-refractivity contribution in [1.82, 2.24) is 5.32 Å². The van der Waals surface area contributed by atoms with E-state index < -0.39 is 0 Å². The van der Waals surface area contributed by atoms with Gasteiger partial charge in [-0.3, -0.25) is 4.79 Å². The monoisotopic (exact) mass is 237 g/mol. The summed E-state index contributed by atoms with van der Waals surface area (Å²) in [7, 11) is 0. The first-order chi connectivity index (χ1) is 7.70. The maximum absolute atomic E-state index is 11.3. The van der Waals surface area contributed by atoms with Gasteiger partial charge < -0.3 is 5.32 Å². The first-order valence-corrected chi connectivity index (χ1v) is 6.13. The third kappa shape index (κ3) is 2.38. The van der Waals surface area contributed by atoms with Gasteiger partial charge in [-0.2, -0.15) is 0 Å². The molecule has 0 aromatic heterocycles. The summed E-state index contributed by atoms with van der Waals surface area (Å²) in [6.45, 7) is 2.88. The molecule has 1 aromatic rings. The number of amides is 1. The zero-order valence-electron chi connectivity index (χ0n) is 9.42. The molecule has 16 heavy (non-hydrogen) atoms. The molecule has 1 atom stereocenters. The minimum Gasteiger partial charge on any atom is -0.356 e. The van der Waals surface area contributed by atoms with Crippen LogP contribution in [0.4, 0.5) is 0 Å². The van der Waals surface area contributed by atoms with Gasteiger partial charge in [0.2, 0.25) is 5.91 Å². The van der Waals surface area contributed by atoms with Gasteiger partial charge in [0.15, 0.2) is 0 Å². The molecule has 0 spiro atoms. The number of hydrogen-bond donors (Lipinski definition) is 1. The fourth-order valence-corrected chi connectivity index (χ4v) is 2.44. The van der Waals surface area contributed by atoms with Gasteiger partial charge in [0.1, 0.15) is 0 Å². The van der Waals surface area contributed by atoms with Gasteiger partial charge in [0.25, 0.3) is 0 Å². The molecule has 2 rings (SSSR count). The summed E-state index contributed by atoms with van der Waals surface area (Å²) < 4.78 is 0. The van der Waals surface area contributed by atoms with Crippen molar-refractivity contribution >= 4 is 17.5 Å². The summed E-state index contributed by atoms with van der Waals surface area (Å²) in [6, 6.07) is 6.14. The molecule has 0 bridgehead atoms. The quantitative estimate of drug-likeness (QED) is 0.842. The molecule has 1 saturated heterocycles. The summed E-state index contributed by atoms with van der Waals surface area (Å²) >= 11 is 6.08. The lowest BCUT2D eigenvalue weighted by molar-refractivity contribution is -0.122. The number of halogens is 1. The lowest BCUT2D eigenvalue weighted by Gasteiger charge is -2.23. The van der Waals surface area contributed by atoms with E-state index in [1.807, 2.05) is 12.1 Å². The number of piperidine rings is 1. The van der Waals surface area contributed by atoms with Gasteiger partial charge in [-0.15, -0.1) is 0 Å². The van der Waals surface area contributed by atoms with Crippen LogP contribution in [0.15, 0.2) is 18.2 Å². The SMILES string of the molecule is CCc1cc([C@@H]2CCNC(=O)C2)ccc1Cl. The number of hydrogen-bond acceptors (Lipinski definition) is 1. The summed E-state index contributed by atoms with van der Waals surface area (Å²) in [4.78, 5) is 11.3. The van der Waals surface area contributed by atoms with Crippen molar-refractivity contribution in [2.24, 2.45) is 0 Å². The van der Waals surface area contributed by atoms with E-state index in [1.54, 1.807) is 0 Å². The zero-order chi connectivity index (χ0) is 11.5. The standard InChI is InChI=1S/C13H16ClNO/c1-2-9-7-10(3-4-12(9)14)11-5-6-15-13(16)8-11/h3-4,7,11H,2,5-6,8H2,1H3,(H,15,16)/t11-/m1/s1. The van der Waals surface area contributed by atoms with E-state index in [4.69, 9.17) is 11.6 Å². The van der Waals surface area contributed by atoms with E-state index in [2.05, 4.69) is 18.3 Å². The molecule has 1 heterocycles. The smallest absolute Gasteiger partial charge is 0.220 e. The summed E-state index contributed by atoms with van der Waals surface area (Å²) in [5, 5.41) is 3.68. The molecule has 1 aliphatic rings. The maximum Gasteiger partial charge on any atom is 0.220 e. The van der Waals surface area contributed by atoms with Gasteiger partial charge in [-0.05, 0) is 36.0 Å². The van der Waals surface area contributed by atoms with Crippen LogP contribution in [-0.4, -0.2) is 12.5 Å². The molecule has 1 N–H and O–H groups in total. The molecule has 0 saturated carbocycles. The Balaban J connectivity index is 2.22. The van der Waals surface area contributed by atoms with Crippen molar-refractivity contribution in [1.29, 1.82) is 0 Å².